The molecule has 2 aromatic carbocycles. The molecule has 7 nitrogen and oxygen atoms in total. The summed E-state index contributed by atoms with van der Waals surface area (Å²) in [5, 5.41) is 0.491. The van der Waals surface area contributed by atoms with Gasteiger partial charge in [-0.05, 0) is 30.3 Å². The Morgan fingerprint density at radius 1 is 1.03 bits per heavy atom. The third-order valence-corrected chi connectivity index (χ3v) is 7.55. The van der Waals surface area contributed by atoms with Crippen LogP contribution in [0.2, 0.25) is 5.02 Å². The molecule has 0 unspecified atom stereocenters. The molecule has 4 rings (SSSR count). The predicted molar refractivity (Wildman–Crippen MR) is 111 cm³/mol. The lowest BCUT2D eigenvalue weighted by Gasteiger charge is -2.33. The zero-order valence-corrected chi connectivity index (χ0v) is 17.8. The van der Waals surface area contributed by atoms with Gasteiger partial charge in [0, 0.05) is 55.3 Å². The Morgan fingerprint density at radius 3 is 2.43 bits per heavy atom. The quantitative estimate of drug-likeness (QED) is 0.383. The van der Waals surface area contributed by atoms with Gasteiger partial charge in [-0.1, -0.05) is 23.7 Å². The largest absolute Gasteiger partial charge is 0.426 e. The molecule has 0 saturated carbocycles. The molecule has 9 heteroatoms. The van der Waals surface area contributed by atoms with Crippen molar-refractivity contribution in [2.24, 2.45) is 0 Å². The van der Waals surface area contributed by atoms with Crippen molar-refractivity contribution in [2.45, 2.75) is 17.7 Å². The molecule has 2 aromatic rings. The highest BCUT2D eigenvalue weighted by Gasteiger charge is 2.28. The first-order valence-corrected chi connectivity index (χ1v) is 11.5. The summed E-state index contributed by atoms with van der Waals surface area (Å²) in [4.78, 5) is 26.2. The molecule has 2 heterocycles. The standard InChI is InChI=1S/C21H21ClN2O5S/c22-17-3-5-18(6-4-17)30(27,28)24-11-9-23(10-12-24)8-7-19(25)15-1-2-16-14-21(26)29-20(16)13-15/h1-6,13H,7-12,14H2. The molecule has 0 amide bonds. The number of hydrogen-bond donors (Lipinski definition) is 0. The second-order valence-corrected chi connectivity index (χ2v) is 9.72. The Morgan fingerprint density at radius 2 is 1.73 bits per heavy atom. The van der Waals surface area contributed by atoms with E-state index in [4.69, 9.17) is 16.3 Å². The highest BCUT2D eigenvalue weighted by atomic mass is 35.5. The van der Waals surface area contributed by atoms with Crippen molar-refractivity contribution in [1.82, 2.24) is 9.21 Å². The van der Waals surface area contributed by atoms with Crippen LogP contribution in [0.5, 0.6) is 5.75 Å². The zero-order chi connectivity index (χ0) is 21.3. The minimum absolute atomic E-state index is 0.0306. The van der Waals surface area contributed by atoms with Gasteiger partial charge in [-0.2, -0.15) is 4.31 Å². The molecule has 30 heavy (non-hydrogen) atoms. The second-order valence-electron chi connectivity index (χ2n) is 7.35. The first-order valence-electron chi connectivity index (χ1n) is 9.68. The summed E-state index contributed by atoms with van der Waals surface area (Å²) >= 11 is 5.84. The van der Waals surface area contributed by atoms with Gasteiger partial charge in [0.05, 0.1) is 11.3 Å². The topological polar surface area (TPSA) is 84.0 Å². The Labute approximate surface area is 180 Å². The van der Waals surface area contributed by atoms with E-state index in [0.29, 0.717) is 55.5 Å². The molecule has 0 aliphatic carbocycles. The van der Waals surface area contributed by atoms with Crippen LogP contribution in [0.1, 0.15) is 22.3 Å². The lowest BCUT2D eigenvalue weighted by atomic mass is 10.0. The van der Waals surface area contributed by atoms with E-state index in [1.807, 2.05) is 0 Å². The number of sulfonamides is 1. The molecule has 1 fully saturated rings. The van der Waals surface area contributed by atoms with E-state index in [9.17, 15) is 18.0 Å². The highest BCUT2D eigenvalue weighted by molar-refractivity contribution is 7.89. The summed E-state index contributed by atoms with van der Waals surface area (Å²) in [6.45, 7) is 2.40. The Bertz CT molecular complexity index is 1080. The van der Waals surface area contributed by atoms with Crippen molar-refractivity contribution < 1.29 is 22.7 Å². The summed E-state index contributed by atoms with van der Waals surface area (Å²) in [5.74, 6) is 0.129. The van der Waals surface area contributed by atoms with Crippen molar-refractivity contribution in [3.8, 4) is 5.75 Å². The summed E-state index contributed by atoms with van der Waals surface area (Å²) in [6, 6.07) is 11.3. The number of ether oxygens (including phenoxy) is 1. The second kappa shape index (κ2) is 8.47. The number of benzene rings is 2. The van der Waals surface area contributed by atoms with E-state index in [1.165, 1.54) is 16.4 Å². The maximum Gasteiger partial charge on any atom is 0.315 e. The third-order valence-electron chi connectivity index (χ3n) is 5.39. The monoisotopic (exact) mass is 448 g/mol. The highest BCUT2D eigenvalue weighted by Crippen LogP contribution is 2.27. The smallest absolute Gasteiger partial charge is 0.315 e. The minimum Gasteiger partial charge on any atom is -0.426 e. The van der Waals surface area contributed by atoms with Crippen LogP contribution in [0.3, 0.4) is 0 Å². The van der Waals surface area contributed by atoms with Crippen LogP contribution >= 0.6 is 11.6 Å². The molecule has 0 aromatic heterocycles. The molecule has 2 aliphatic heterocycles. The number of fused-ring (bicyclic) bond motifs is 1. The van der Waals surface area contributed by atoms with Crippen molar-refractivity contribution >= 4 is 33.4 Å². The lowest BCUT2D eigenvalue weighted by Crippen LogP contribution is -2.48. The van der Waals surface area contributed by atoms with Crippen molar-refractivity contribution in [3.63, 3.8) is 0 Å². The molecule has 1 saturated heterocycles. The van der Waals surface area contributed by atoms with E-state index >= 15 is 0 Å². The molecule has 0 spiro atoms. The summed E-state index contributed by atoms with van der Waals surface area (Å²) in [7, 11) is -3.55. The van der Waals surface area contributed by atoms with Gasteiger partial charge in [0.1, 0.15) is 5.75 Å². The summed E-state index contributed by atoms with van der Waals surface area (Å²) < 4.78 is 32.1. The van der Waals surface area contributed by atoms with Gasteiger partial charge in [0.25, 0.3) is 0 Å². The Balaban J connectivity index is 1.30. The number of hydrogen-bond acceptors (Lipinski definition) is 6. The normalized spacial score (nSPS) is 17.6. The number of halogens is 1. The number of nitrogens with zero attached hydrogens (tertiary/aromatic N) is 2. The first kappa shape index (κ1) is 21.0. The van der Waals surface area contributed by atoms with Crippen LogP contribution in [-0.2, 0) is 21.2 Å². The zero-order valence-electron chi connectivity index (χ0n) is 16.2. The fourth-order valence-electron chi connectivity index (χ4n) is 3.64. The maximum absolute atomic E-state index is 12.7. The van der Waals surface area contributed by atoms with Gasteiger partial charge >= 0.3 is 5.97 Å². The number of carbonyl (C=O) groups is 2. The fourth-order valence-corrected chi connectivity index (χ4v) is 5.18. The van der Waals surface area contributed by atoms with Crippen LogP contribution in [0.4, 0.5) is 0 Å². The average molecular weight is 449 g/mol. The summed E-state index contributed by atoms with van der Waals surface area (Å²) in [6.07, 6.45) is 0.559. The van der Waals surface area contributed by atoms with E-state index in [-0.39, 0.29) is 23.1 Å². The first-order chi connectivity index (χ1) is 14.3. The predicted octanol–water partition coefficient (Wildman–Crippen LogP) is 2.38. The van der Waals surface area contributed by atoms with Crippen LogP contribution < -0.4 is 4.74 Å². The molecule has 0 bridgehead atoms. The fraction of sp³-hybridized carbons (Fsp3) is 0.333. The van der Waals surface area contributed by atoms with Crippen molar-refractivity contribution in [1.29, 1.82) is 0 Å². The van der Waals surface area contributed by atoms with Gasteiger partial charge in [0.15, 0.2) is 5.78 Å². The SMILES string of the molecule is O=C1Cc2ccc(C(=O)CCN3CCN(S(=O)(=O)c4ccc(Cl)cc4)CC3)cc2O1. The minimum atomic E-state index is -3.55. The number of piperazine rings is 1. The Kier molecular flexibility index (Phi) is 5.92. The van der Waals surface area contributed by atoms with E-state index in [1.54, 1.807) is 30.3 Å². The molecule has 0 atom stereocenters. The molecule has 0 radical (unpaired) electrons. The average Bonchev–Trinajstić information content (AvgIpc) is 3.12. The number of Topliss-reactive ketones (excluding diaryl/α,β-unsaturated/α-hetero) is 1. The van der Waals surface area contributed by atoms with Gasteiger partial charge in [-0.15, -0.1) is 0 Å². The van der Waals surface area contributed by atoms with Crippen molar-refractivity contribution in [3.05, 3.63) is 58.6 Å². The molecule has 2 aliphatic rings. The maximum atomic E-state index is 12.7. The van der Waals surface area contributed by atoms with Crippen molar-refractivity contribution in [2.75, 3.05) is 32.7 Å². The number of rotatable bonds is 6. The summed E-state index contributed by atoms with van der Waals surface area (Å²) in [5.41, 5.74) is 1.32. The van der Waals surface area contributed by atoms with E-state index in [0.717, 1.165) is 5.56 Å². The van der Waals surface area contributed by atoms with Crippen LogP contribution in [0.15, 0.2) is 47.4 Å². The molecule has 0 N–H and O–H groups in total. The molecular formula is C21H21ClN2O5S. The number of carbonyl (C=O) groups excluding carboxylic acids is 2. The van der Waals surface area contributed by atoms with Crippen LogP contribution in [-0.4, -0.2) is 62.1 Å². The van der Waals surface area contributed by atoms with Gasteiger partial charge < -0.3 is 9.64 Å². The molecular weight excluding hydrogens is 428 g/mol. The Hall–Kier alpha value is -2.26. The number of esters is 1. The van der Waals surface area contributed by atoms with E-state index < -0.39 is 10.0 Å². The third kappa shape index (κ3) is 4.41. The van der Waals surface area contributed by atoms with Gasteiger partial charge in [-0.25, -0.2) is 8.42 Å². The van der Waals surface area contributed by atoms with Gasteiger partial charge in [-0.3, -0.25) is 9.59 Å². The number of ketones is 1. The lowest BCUT2D eigenvalue weighted by molar-refractivity contribution is -0.131. The van der Waals surface area contributed by atoms with E-state index in [2.05, 4.69) is 4.90 Å². The van der Waals surface area contributed by atoms with Crippen LogP contribution in [0, 0.1) is 0 Å². The molecule has 158 valence electrons. The van der Waals surface area contributed by atoms with Crippen LogP contribution in [0.25, 0.3) is 0 Å². The van der Waals surface area contributed by atoms with Gasteiger partial charge in [0.2, 0.25) is 10.0 Å².